The molecule has 0 heterocycles. The van der Waals surface area contributed by atoms with Crippen molar-refractivity contribution in [3.8, 4) is 0 Å². The van der Waals surface area contributed by atoms with Gasteiger partial charge >= 0.3 is 0 Å². The Labute approximate surface area is 78.6 Å². The van der Waals surface area contributed by atoms with E-state index < -0.39 is 6.29 Å². The predicted molar refractivity (Wildman–Crippen MR) is 51.3 cm³/mol. The average Bonchev–Trinajstić information content (AvgIpc) is 2.06. The molecule has 0 aliphatic rings. The zero-order valence-corrected chi connectivity index (χ0v) is 7.97. The zero-order valence-electron chi connectivity index (χ0n) is 7.97. The molecule has 0 saturated carbocycles. The third-order valence-corrected chi connectivity index (χ3v) is 1.26. The lowest BCUT2D eigenvalue weighted by Crippen LogP contribution is -2.07. The lowest BCUT2D eigenvalue weighted by molar-refractivity contribution is -0.0381. The highest BCUT2D eigenvalue weighted by Crippen LogP contribution is 2.00. The normalized spacial score (nSPS) is 9.31. The molecule has 0 aliphatic heterocycles. The molecule has 3 nitrogen and oxygen atoms in total. The van der Waals surface area contributed by atoms with E-state index >= 15 is 0 Å². The number of methoxy groups -OCH3 is 1. The lowest BCUT2D eigenvalue weighted by Gasteiger charge is -2.01. The lowest BCUT2D eigenvalue weighted by atomic mass is 10.1. The average molecular weight is 184 g/mol. The summed E-state index contributed by atoms with van der Waals surface area (Å²) in [6.07, 6.45) is -0.928. The van der Waals surface area contributed by atoms with Crippen LogP contribution in [0.2, 0.25) is 0 Å². The molecular weight excluding hydrogens is 168 g/mol. The minimum atomic E-state index is -1.23. The smallest absolute Gasteiger partial charge is 0.155 e. The molecule has 74 valence electrons. The van der Waals surface area contributed by atoms with Gasteiger partial charge in [-0.2, -0.15) is 0 Å². The van der Waals surface area contributed by atoms with E-state index in [4.69, 9.17) is 10.2 Å². The van der Waals surface area contributed by atoms with Crippen LogP contribution in [0.4, 0.5) is 0 Å². The summed E-state index contributed by atoms with van der Waals surface area (Å²) >= 11 is 0. The second kappa shape index (κ2) is 7.73. The Bertz CT molecular complexity index is 197. The number of benzene rings is 1. The molecule has 0 saturated heterocycles. The summed E-state index contributed by atoms with van der Waals surface area (Å²) in [4.78, 5) is 0. The highest BCUT2D eigenvalue weighted by atomic mass is 16.5. The summed E-state index contributed by atoms with van der Waals surface area (Å²) in [7, 11) is 3.25. The molecule has 0 radical (unpaired) electrons. The van der Waals surface area contributed by atoms with E-state index in [1.165, 1.54) is 0 Å². The Morgan fingerprint density at radius 3 is 2.00 bits per heavy atom. The molecule has 0 bridgehead atoms. The van der Waals surface area contributed by atoms with Crippen LogP contribution < -0.4 is 0 Å². The fraction of sp³-hybridized carbons (Fsp3) is 0.400. The topological polar surface area (TPSA) is 49.7 Å². The Hall–Kier alpha value is -0.900. The first-order chi connectivity index (χ1) is 6.20. The van der Waals surface area contributed by atoms with Gasteiger partial charge in [0, 0.05) is 20.6 Å². The maximum Gasteiger partial charge on any atom is 0.155 e. The van der Waals surface area contributed by atoms with E-state index in [9.17, 15) is 0 Å². The van der Waals surface area contributed by atoms with Gasteiger partial charge < -0.3 is 14.9 Å². The van der Waals surface area contributed by atoms with Crippen LogP contribution >= 0.6 is 0 Å². The van der Waals surface area contributed by atoms with Gasteiger partial charge in [-0.15, -0.1) is 0 Å². The molecule has 2 N–H and O–H groups in total. The van der Waals surface area contributed by atoms with Gasteiger partial charge in [-0.3, -0.25) is 0 Å². The maximum atomic E-state index is 8.56. The fourth-order valence-corrected chi connectivity index (χ4v) is 0.825. The number of hydrogen-bond donors (Lipinski definition) is 2. The molecule has 0 amide bonds. The Kier molecular flexibility index (Phi) is 7.20. The van der Waals surface area contributed by atoms with Crippen molar-refractivity contribution in [2.75, 3.05) is 14.2 Å². The van der Waals surface area contributed by atoms with Crippen molar-refractivity contribution in [2.45, 2.75) is 12.7 Å². The monoisotopic (exact) mass is 184 g/mol. The van der Waals surface area contributed by atoms with Crippen molar-refractivity contribution >= 4 is 0 Å². The van der Waals surface area contributed by atoms with Crippen molar-refractivity contribution in [3.63, 3.8) is 0 Å². The summed E-state index contributed by atoms with van der Waals surface area (Å²) in [5, 5.41) is 17.1. The molecule has 0 aromatic heterocycles. The molecule has 0 atom stereocenters. The first-order valence-electron chi connectivity index (χ1n) is 4.01. The van der Waals surface area contributed by atoms with Gasteiger partial charge in [-0.05, 0) is 5.56 Å². The molecule has 13 heavy (non-hydrogen) atoms. The van der Waals surface area contributed by atoms with Crippen LogP contribution in [0.25, 0.3) is 0 Å². The minimum Gasteiger partial charge on any atom is -0.388 e. The number of aliphatic hydroxyl groups excluding tert-OH is 1. The van der Waals surface area contributed by atoms with Crippen LogP contribution in [-0.4, -0.2) is 30.7 Å². The van der Waals surface area contributed by atoms with Gasteiger partial charge in [-0.25, -0.2) is 0 Å². The van der Waals surface area contributed by atoms with Crippen molar-refractivity contribution in [2.24, 2.45) is 0 Å². The molecule has 0 spiro atoms. The Balaban J connectivity index is 0.000000424. The van der Waals surface area contributed by atoms with Crippen LogP contribution in [0.1, 0.15) is 5.56 Å². The van der Waals surface area contributed by atoms with Crippen molar-refractivity contribution < 1.29 is 14.9 Å². The largest absolute Gasteiger partial charge is 0.388 e. The van der Waals surface area contributed by atoms with E-state index in [-0.39, 0.29) is 0 Å². The van der Waals surface area contributed by atoms with Gasteiger partial charge in [0.25, 0.3) is 0 Å². The van der Waals surface area contributed by atoms with E-state index in [1.54, 1.807) is 14.2 Å². The van der Waals surface area contributed by atoms with Crippen molar-refractivity contribution in [1.82, 2.24) is 0 Å². The molecule has 0 aliphatic carbocycles. The number of aliphatic hydroxyl groups is 2. The summed E-state index contributed by atoms with van der Waals surface area (Å²) in [6.45, 7) is 0. The van der Waals surface area contributed by atoms with E-state index in [0.29, 0.717) is 6.42 Å². The molecule has 0 fully saturated rings. The Morgan fingerprint density at radius 2 is 1.62 bits per heavy atom. The first kappa shape index (κ1) is 12.1. The summed E-state index contributed by atoms with van der Waals surface area (Å²) in [5.41, 5.74) is 0.942. The van der Waals surface area contributed by atoms with Crippen LogP contribution in [0.5, 0.6) is 0 Å². The third-order valence-electron chi connectivity index (χ3n) is 1.26. The van der Waals surface area contributed by atoms with Crippen LogP contribution in [-0.2, 0) is 11.2 Å². The molecule has 3 heteroatoms. The molecule has 1 aromatic rings. The highest BCUT2D eigenvalue weighted by molar-refractivity contribution is 5.14. The SMILES string of the molecule is COC.OC(O)Cc1ccccc1. The molecule has 1 aromatic carbocycles. The molecule has 1 rings (SSSR count). The molecular formula is C10H16O3. The van der Waals surface area contributed by atoms with Crippen LogP contribution in [0.15, 0.2) is 30.3 Å². The number of ether oxygens (including phenoxy) is 1. The first-order valence-corrected chi connectivity index (χ1v) is 4.01. The zero-order chi connectivity index (χ0) is 10.1. The second-order valence-corrected chi connectivity index (χ2v) is 2.58. The van der Waals surface area contributed by atoms with E-state index in [2.05, 4.69) is 4.74 Å². The van der Waals surface area contributed by atoms with Crippen LogP contribution in [0, 0.1) is 0 Å². The van der Waals surface area contributed by atoms with E-state index in [0.717, 1.165) is 5.56 Å². The summed E-state index contributed by atoms with van der Waals surface area (Å²) < 4.78 is 4.25. The van der Waals surface area contributed by atoms with Crippen LogP contribution in [0.3, 0.4) is 0 Å². The highest BCUT2D eigenvalue weighted by Gasteiger charge is 1.97. The summed E-state index contributed by atoms with van der Waals surface area (Å²) in [5.74, 6) is 0. The molecule has 0 unspecified atom stereocenters. The van der Waals surface area contributed by atoms with E-state index in [1.807, 2.05) is 30.3 Å². The van der Waals surface area contributed by atoms with Gasteiger partial charge in [0.2, 0.25) is 0 Å². The number of rotatable bonds is 2. The van der Waals surface area contributed by atoms with Crippen molar-refractivity contribution in [3.05, 3.63) is 35.9 Å². The minimum absolute atomic E-state index is 0.306. The third kappa shape index (κ3) is 7.46. The number of hydrogen-bond acceptors (Lipinski definition) is 3. The van der Waals surface area contributed by atoms with Gasteiger partial charge in [-0.1, -0.05) is 30.3 Å². The standard InChI is InChI=1S/C8H10O2.C2H6O/c9-8(10)6-7-4-2-1-3-5-7;1-3-2/h1-5,8-10H,6H2;1-2H3. The Morgan fingerprint density at radius 1 is 1.15 bits per heavy atom. The van der Waals surface area contributed by atoms with Gasteiger partial charge in [0.05, 0.1) is 0 Å². The quantitative estimate of drug-likeness (QED) is 0.668. The van der Waals surface area contributed by atoms with Crippen molar-refractivity contribution in [1.29, 1.82) is 0 Å². The second-order valence-electron chi connectivity index (χ2n) is 2.58. The summed E-state index contributed by atoms with van der Waals surface area (Å²) in [6, 6.07) is 9.36. The van der Waals surface area contributed by atoms with Gasteiger partial charge in [0.1, 0.15) is 0 Å². The fourth-order valence-electron chi connectivity index (χ4n) is 0.825. The predicted octanol–water partition coefficient (Wildman–Crippen LogP) is 0.802. The van der Waals surface area contributed by atoms with Gasteiger partial charge in [0.15, 0.2) is 6.29 Å². The maximum absolute atomic E-state index is 8.56.